The highest BCUT2D eigenvalue weighted by atomic mass is 32.1. The topological polar surface area (TPSA) is 29.3 Å². The summed E-state index contributed by atoms with van der Waals surface area (Å²) in [5.74, 6) is 0. The van der Waals surface area contributed by atoms with Gasteiger partial charge in [0.2, 0.25) is 0 Å². The fourth-order valence-electron chi connectivity index (χ4n) is 7.28. The van der Waals surface area contributed by atoms with E-state index in [1.165, 1.54) is 22.3 Å². The minimum atomic E-state index is 0.840. The second-order valence-corrected chi connectivity index (χ2v) is 14.2. The van der Waals surface area contributed by atoms with Crippen LogP contribution < -0.4 is 4.90 Å². The van der Waals surface area contributed by atoms with Gasteiger partial charge in [-0.25, -0.2) is 4.98 Å². The molecular weight excluding hydrogens is 665 g/mol. The first-order valence-electron chi connectivity index (χ1n) is 17.8. The number of hydrogen-bond donors (Lipinski definition) is 0. The van der Waals surface area contributed by atoms with Crippen molar-refractivity contribution in [2.45, 2.75) is 0 Å². The van der Waals surface area contributed by atoms with Gasteiger partial charge in [0.15, 0.2) is 0 Å². The summed E-state index contributed by atoms with van der Waals surface area (Å²) in [5, 5.41) is 3.17. The minimum Gasteiger partial charge on any atom is -0.456 e. The Kier molecular flexibility index (Phi) is 7.67. The summed E-state index contributed by atoms with van der Waals surface area (Å²) in [4.78, 5) is 7.34. The molecule has 0 saturated heterocycles. The van der Waals surface area contributed by atoms with Crippen LogP contribution in [0.2, 0.25) is 0 Å². The summed E-state index contributed by atoms with van der Waals surface area (Å²) < 4.78 is 7.61. The van der Waals surface area contributed by atoms with Crippen LogP contribution in [-0.4, -0.2) is 4.98 Å². The molecule has 10 aromatic rings. The highest BCUT2D eigenvalue weighted by molar-refractivity contribution is 7.21. The van der Waals surface area contributed by atoms with Crippen molar-refractivity contribution < 1.29 is 4.42 Å². The van der Waals surface area contributed by atoms with Gasteiger partial charge in [0.25, 0.3) is 0 Å². The molecule has 0 aliphatic carbocycles. The third-order valence-corrected chi connectivity index (χ3v) is 11.0. The van der Waals surface area contributed by atoms with Gasteiger partial charge in [-0.15, -0.1) is 11.3 Å². The lowest BCUT2D eigenvalue weighted by atomic mass is 9.98. The van der Waals surface area contributed by atoms with Gasteiger partial charge in [-0.1, -0.05) is 146 Å². The summed E-state index contributed by atoms with van der Waals surface area (Å²) in [7, 11) is 0. The number of para-hydroxylation sites is 1. The molecular formula is C49H32N2OS. The zero-order valence-electron chi connectivity index (χ0n) is 28.7. The molecule has 0 atom stereocenters. The fraction of sp³-hybridized carbons (Fsp3) is 0. The number of anilines is 3. The van der Waals surface area contributed by atoms with Gasteiger partial charge in [0, 0.05) is 39.3 Å². The first-order chi connectivity index (χ1) is 26.2. The van der Waals surface area contributed by atoms with E-state index < -0.39 is 0 Å². The molecule has 2 heterocycles. The van der Waals surface area contributed by atoms with Crippen LogP contribution in [0.3, 0.4) is 0 Å². The summed E-state index contributed by atoms with van der Waals surface area (Å²) in [6, 6.07) is 68.8. The van der Waals surface area contributed by atoms with E-state index in [0.717, 1.165) is 70.9 Å². The van der Waals surface area contributed by atoms with Crippen LogP contribution in [0.25, 0.3) is 76.1 Å². The van der Waals surface area contributed by atoms with Gasteiger partial charge in [0.05, 0.1) is 15.9 Å². The van der Waals surface area contributed by atoms with Gasteiger partial charge >= 0.3 is 0 Å². The molecule has 0 N–H and O–H groups in total. The Morgan fingerprint density at radius 3 is 1.62 bits per heavy atom. The SMILES string of the molecule is c1ccc(-c2ccc(-c3ccccc3N(c3ccc(-c4ccccc4)cc3)c3ccc4oc5cc6nc(-c7ccccc7)sc6cc5c4c3)cc2)cc1. The van der Waals surface area contributed by atoms with Crippen LogP contribution in [0.4, 0.5) is 17.1 Å². The van der Waals surface area contributed by atoms with Crippen molar-refractivity contribution in [2.75, 3.05) is 4.90 Å². The lowest BCUT2D eigenvalue weighted by molar-refractivity contribution is 0.669. The first-order valence-corrected chi connectivity index (χ1v) is 18.6. The molecule has 2 aromatic heterocycles. The molecule has 0 fully saturated rings. The molecule has 53 heavy (non-hydrogen) atoms. The number of fused-ring (bicyclic) bond motifs is 4. The van der Waals surface area contributed by atoms with Crippen molar-refractivity contribution in [3.8, 4) is 44.0 Å². The van der Waals surface area contributed by atoms with Gasteiger partial charge in [-0.3, -0.25) is 0 Å². The Labute approximate surface area is 311 Å². The molecule has 250 valence electrons. The Morgan fingerprint density at radius 1 is 0.415 bits per heavy atom. The molecule has 0 spiro atoms. The highest BCUT2D eigenvalue weighted by Crippen LogP contribution is 2.44. The molecule has 0 unspecified atom stereocenters. The quantitative estimate of drug-likeness (QED) is 0.166. The smallest absolute Gasteiger partial charge is 0.137 e. The Balaban J connectivity index is 1.12. The third kappa shape index (κ3) is 5.76. The molecule has 0 aliphatic heterocycles. The number of benzene rings is 8. The van der Waals surface area contributed by atoms with Gasteiger partial charge in [0.1, 0.15) is 16.2 Å². The number of aromatic nitrogens is 1. The van der Waals surface area contributed by atoms with E-state index in [0.29, 0.717) is 0 Å². The maximum absolute atomic E-state index is 6.47. The molecule has 0 saturated carbocycles. The first kappa shape index (κ1) is 31.0. The molecule has 0 aliphatic rings. The van der Waals surface area contributed by atoms with Crippen LogP contribution in [0, 0.1) is 0 Å². The highest BCUT2D eigenvalue weighted by Gasteiger charge is 2.20. The van der Waals surface area contributed by atoms with Crippen molar-refractivity contribution in [1.82, 2.24) is 4.98 Å². The van der Waals surface area contributed by atoms with E-state index in [1.807, 2.05) is 6.07 Å². The second kappa shape index (κ2) is 13.1. The standard InChI is InChI=1S/C49H32N2OS/c1-4-12-33(13-5-1)35-20-22-37(23-21-35)41-18-10-11-19-45(41)51(39-26-24-36(25-27-39)34-14-6-2-7-15-34)40-28-29-46-42(30-40)43-31-48-44(32-47(43)52-46)50-49(53-48)38-16-8-3-9-17-38/h1-32H. The van der Waals surface area contributed by atoms with Crippen LogP contribution in [0.1, 0.15) is 0 Å². The van der Waals surface area contributed by atoms with E-state index in [-0.39, 0.29) is 0 Å². The van der Waals surface area contributed by atoms with Crippen LogP contribution in [0.15, 0.2) is 199 Å². The predicted octanol–water partition coefficient (Wildman–Crippen LogP) is 14.3. The lowest BCUT2D eigenvalue weighted by Gasteiger charge is -2.28. The molecule has 0 bridgehead atoms. The van der Waals surface area contributed by atoms with E-state index in [4.69, 9.17) is 9.40 Å². The second-order valence-electron chi connectivity index (χ2n) is 13.2. The molecule has 4 heteroatoms. The monoisotopic (exact) mass is 696 g/mol. The van der Waals surface area contributed by atoms with Crippen LogP contribution in [0.5, 0.6) is 0 Å². The molecule has 0 amide bonds. The summed E-state index contributed by atoms with van der Waals surface area (Å²) in [5.41, 5.74) is 14.1. The Hall–Kier alpha value is -6.75. The number of hydrogen-bond acceptors (Lipinski definition) is 4. The number of nitrogens with zero attached hydrogens (tertiary/aromatic N) is 2. The molecule has 8 aromatic carbocycles. The van der Waals surface area contributed by atoms with E-state index >= 15 is 0 Å². The van der Waals surface area contributed by atoms with Crippen molar-refractivity contribution in [1.29, 1.82) is 0 Å². The Morgan fingerprint density at radius 2 is 0.943 bits per heavy atom. The van der Waals surface area contributed by atoms with E-state index in [9.17, 15) is 0 Å². The summed E-state index contributed by atoms with van der Waals surface area (Å²) in [6.45, 7) is 0. The van der Waals surface area contributed by atoms with Crippen molar-refractivity contribution in [3.05, 3.63) is 194 Å². The average molecular weight is 697 g/mol. The lowest BCUT2D eigenvalue weighted by Crippen LogP contribution is -2.11. The molecule has 0 radical (unpaired) electrons. The maximum Gasteiger partial charge on any atom is 0.137 e. The predicted molar refractivity (Wildman–Crippen MR) is 223 cm³/mol. The average Bonchev–Trinajstić information content (AvgIpc) is 3.82. The zero-order chi connectivity index (χ0) is 35.1. The van der Waals surface area contributed by atoms with Gasteiger partial charge < -0.3 is 9.32 Å². The minimum absolute atomic E-state index is 0.840. The largest absolute Gasteiger partial charge is 0.456 e. The fourth-order valence-corrected chi connectivity index (χ4v) is 8.27. The normalized spacial score (nSPS) is 11.4. The van der Waals surface area contributed by atoms with Crippen molar-refractivity contribution in [2.24, 2.45) is 0 Å². The Bertz CT molecular complexity index is 2860. The van der Waals surface area contributed by atoms with E-state index in [2.05, 4.69) is 193 Å². The number of furan rings is 1. The summed E-state index contributed by atoms with van der Waals surface area (Å²) in [6.07, 6.45) is 0. The molecule has 3 nitrogen and oxygen atoms in total. The number of rotatable bonds is 7. The maximum atomic E-state index is 6.47. The van der Waals surface area contributed by atoms with E-state index in [1.54, 1.807) is 11.3 Å². The van der Waals surface area contributed by atoms with Crippen LogP contribution in [-0.2, 0) is 0 Å². The zero-order valence-corrected chi connectivity index (χ0v) is 29.5. The third-order valence-electron chi connectivity index (χ3n) is 9.92. The van der Waals surface area contributed by atoms with Gasteiger partial charge in [-0.05, 0) is 70.3 Å². The van der Waals surface area contributed by atoms with Crippen molar-refractivity contribution in [3.63, 3.8) is 0 Å². The molecule has 10 rings (SSSR count). The van der Waals surface area contributed by atoms with Gasteiger partial charge in [-0.2, -0.15) is 0 Å². The van der Waals surface area contributed by atoms with Crippen LogP contribution >= 0.6 is 11.3 Å². The van der Waals surface area contributed by atoms with Crippen molar-refractivity contribution >= 4 is 60.6 Å². The summed E-state index contributed by atoms with van der Waals surface area (Å²) >= 11 is 1.72. The number of thiazole rings is 1.